The first kappa shape index (κ1) is 17.9. The maximum Gasteiger partial charge on any atom is 0.130 e. The molecule has 0 amide bonds. The van der Waals surface area contributed by atoms with E-state index in [9.17, 15) is 0 Å². The summed E-state index contributed by atoms with van der Waals surface area (Å²) in [6.07, 6.45) is 5.33. The number of hydrogen-bond acceptors (Lipinski definition) is 3. The lowest BCUT2D eigenvalue weighted by Crippen LogP contribution is -2.01. The van der Waals surface area contributed by atoms with Crippen molar-refractivity contribution in [1.29, 1.82) is 0 Å². The summed E-state index contributed by atoms with van der Waals surface area (Å²) in [5, 5.41) is 4.22. The van der Waals surface area contributed by atoms with Gasteiger partial charge in [0.15, 0.2) is 0 Å². The third-order valence-electron chi connectivity index (χ3n) is 4.89. The van der Waals surface area contributed by atoms with Gasteiger partial charge < -0.3 is 10.1 Å². The molecule has 0 aliphatic carbocycles. The van der Waals surface area contributed by atoms with Crippen LogP contribution in [0.1, 0.15) is 29.7 Å². The van der Waals surface area contributed by atoms with E-state index in [0.717, 1.165) is 35.5 Å². The zero-order valence-electron chi connectivity index (χ0n) is 15.5. The first-order chi connectivity index (χ1) is 13.2. The van der Waals surface area contributed by atoms with Crippen LogP contribution in [0.5, 0.6) is 5.75 Å². The molecule has 1 N–H and O–H groups in total. The number of aryl methyl sites for hydroxylation is 2. The van der Waals surface area contributed by atoms with Crippen molar-refractivity contribution in [1.82, 2.24) is 4.98 Å². The number of fused-ring (bicyclic) bond motifs is 1. The molecule has 0 saturated carbocycles. The molecule has 0 bridgehead atoms. The smallest absolute Gasteiger partial charge is 0.130 e. The van der Waals surface area contributed by atoms with Crippen LogP contribution in [0.25, 0.3) is 11.1 Å². The van der Waals surface area contributed by atoms with Gasteiger partial charge in [0.25, 0.3) is 0 Å². The molecule has 1 aromatic heterocycles. The summed E-state index contributed by atoms with van der Waals surface area (Å²) in [5.41, 5.74) is 6.84. The lowest BCUT2D eigenvalue weighted by molar-refractivity contribution is 0.302. The normalized spacial score (nSPS) is 13.4. The van der Waals surface area contributed by atoms with Crippen LogP contribution in [-0.4, -0.2) is 11.5 Å². The van der Waals surface area contributed by atoms with Crippen molar-refractivity contribution in [2.24, 2.45) is 0 Å². The van der Waals surface area contributed by atoms with Gasteiger partial charge in [0.05, 0.1) is 5.69 Å². The monoisotopic (exact) mass is 378 g/mol. The van der Waals surface area contributed by atoms with Crippen molar-refractivity contribution >= 4 is 17.3 Å². The number of ether oxygens (including phenoxy) is 1. The Morgan fingerprint density at radius 3 is 2.89 bits per heavy atom. The molecule has 3 nitrogen and oxygen atoms in total. The molecule has 4 heteroatoms. The van der Waals surface area contributed by atoms with E-state index in [0.29, 0.717) is 11.6 Å². The molecule has 0 unspecified atom stereocenters. The summed E-state index contributed by atoms with van der Waals surface area (Å²) in [7, 11) is 0. The van der Waals surface area contributed by atoms with Crippen molar-refractivity contribution in [3.05, 3.63) is 76.6 Å². The molecule has 1 aliphatic heterocycles. The molecule has 4 rings (SSSR count). The Morgan fingerprint density at radius 1 is 1.07 bits per heavy atom. The Morgan fingerprint density at radius 2 is 2.00 bits per heavy atom. The van der Waals surface area contributed by atoms with Gasteiger partial charge in [-0.05, 0) is 85.3 Å². The summed E-state index contributed by atoms with van der Waals surface area (Å²) in [4.78, 5) is 4.38. The van der Waals surface area contributed by atoms with Gasteiger partial charge in [-0.1, -0.05) is 17.7 Å². The van der Waals surface area contributed by atoms with E-state index in [4.69, 9.17) is 16.3 Å². The molecule has 1 aliphatic rings. The van der Waals surface area contributed by atoms with Crippen LogP contribution in [0.4, 0.5) is 5.69 Å². The molecule has 2 heterocycles. The number of benzene rings is 2. The SMILES string of the molecule is Cc1ccnc(COc2ccc(Cl)cc2-c2ccc3c(c2)CCCCN3)c1. The second-order valence-corrected chi connectivity index (χ2v) is 7.45. The van der Waals surface area contributed by atoms with Crippen molar-refractivity contribution in [2.75, 3.05) is 11.9 Å². The van der Waals surface area contributed by atoms with Gasteiger partial charge in [-0.15, -0.1) is 0 Å². The van der Waals surface area contributed by atoms with E-state index >= 15 is 0 Å². The zero-order valence-corrected chi connectivity index (χ0v) is 16.2. The van der Waals surface area contributed by atoms with Crippen LogP contribution in [0.2, 0.25) is 5.02 Å². The fourth-order valence-corrected chi connectivity index (χ4v) is 3.66. The minimum absolute atomic E-state index is 0.433. The largest absolute Gasteiger partial charge is 0.487 e. The van der Waals surface area contributed by atoms with Crippen molar-refractivity contribution in [2.45, 2.75) is 32.8 Å². The number of rotatable bonds is 4. The lowest BCUT2D eigenvalue weighted by atomic mass is 9.99. The van der Waals surface area contributed by atoms with Crippen LogP contribution in [0.3, 0.4) is 0 Å². The van der Waals surface area contributed by atoms with Crippen LogP contribution >= 0.6 is 11.6 Å². The Hall–Kier alpha value is -2.52. The minimum atomic E-state index is 0.433. The molecule has 27 heavy (non-hydrogen) atoms. The van der Waals surface area contributed by atoms with Gasteiger partial charge in [0.2, 0.25) is 0 Å². The Labute approximate surface area is 165 Å². The first-order valence-corrected chi connectivity index (χ1v) is 9.78. The summed E-state index contributed by atoms with van der Waals surface area (Å²) < 4.78 is 6.12. The molecule has 0 spiro atoms. The third kappa shape index (κ3) is 4.25. The molecular weight excluding hydrogens is 356 g/mol. The molecular formula is C23H23ClN2O. The fraction of sp³-hybridized carbons (Fsp3) is 0.261. The highest BCUT2D eigenvalue weighted by atomic mass is 35.5. The van der Waals surface area contributed by atoms with Crippen LogP contribution in [0, 0.1) is 6.92 Å². The predicted molar refractivity (Wildman–Crippen MR) is 112 cm³/mol. The summed E-state index contributed by atoms with van der Waals surface area (Å²) in [6, 6.07) is 16.4. The van der Waals surface area contributed by atoms with Crippen LogP contribution in [-0.2, 0) is 13.0 Å². The minimum Gasteiger partial charge on any atom is -0.487 e. The Bertz CT molecular complexity index is 955. The molecule has 2 aromatic carbocycles. The number of nitrogens with zero attached hydrogens (tertiary/aromatic N) is 1. The van der Waals surface area contributed by atoms with E-state index in [1.54, 1.807) is 0 Å². The van der Waals surface area contributed by atoms with Gasteiger partial charge in [-0.3, -0.25) is 4.98 Å². The summed E-state index contributed by atoms with van der Waals surface area (Å²) >= 11 is 6.29. The van der Waals surface area contributed by atoms with Gasteiger partial charge in [0, 0.05) is 29.0 Å². The van der Waals surface area contributed by atoms with Gasteiger partial charge >= 0.3 is 0 Å². The molecule has 138 valence electrons. The van der Waals surface area contributed by atoms with E-state index in [1.165, 1.54) is 29.7 Å². The molecule has 0 radical (unpaired) electrons. The second-order valence-electron chi connectivity index (χ2n) is 7.01. The number of aromatic nitrogens is 1. The second kappa shape index (κ2) is 8.01. The van der Waals surface area contributed by atoms with Gasteiger partial charge in [-0.25, -0.2) is 0 Å². The number of anilines is 1. The maximum atomic E-state index is 6.29. The highest BCUT2D eigenvalue weighted by Crippen LogP contribution is 2.35. The zero-order chi connectivity index (χ0) is 18.6. The van der Waals surface area contributed by atoms with E-state index < -0.39 is 0 Å². The number of pyridine rings is 1. The topological polar surface area (TPSA) is 34.1 Å². The standard InChI is InChI=1S/C23H23ClN2O/c1-16-9-11-25-20(12-16)15-27-23-8-6-19(24)14-21(23)17-5-7-22-18(13-17)4-2-3-10-26-22/h5-9,11-14,26H,2-4,10,15H2,1H3. The number of halogens is 1. The fourth-order valence-electron chi connectivity index (χ4n) is 3.49. The van der Waals surface area contributed by atoms with Gasteiger partial charge in [0.1, 0.15) is 12.4 Å². The maximum absolute atomic E-state index is 6.29. The lowest BCUT2D eigenvalue weighted by Gasteiger charge is -2.15. The first-order valence-electron chi connectivity index (χ1n) is 9.40. The molecule has 3 aromatic rings. The molecule has 0 saturated heterocycles. The summed E-state index contributed by atoms with van der Waals surface area (Å²) in [6.45, 7) is 3.53. The average molecular weight is 379 g/mol. The predicted octanol–water partition coefficient (Wildman–Crippen LogP) is 6.04. The molecule has 0 atom stereocenters. The Balaban J connectivity index is 1.64. The van der Waals surface area contributed by atoms with E-state index in [1.807, 2.05) is 36.5 Å². The number of hydrogen-bond donors (Lipinski definition) is 1. The molecule has 0 fully saturated rings. The van der Waals surface area contributed by atoms with Crippen molar-refractivity contribution in [3.8, 4) is 16.9 Å². The highest BCUT2D eigenvalue weighted by molar-refractivity contribution is 6.31. The van der Waals surface area contributed by atoms with Crippen molar-refractivity contribution < 1.29 is 4.74 Å². The third-order valence-corrected chi connectivity index (χ3v) is 5.13. The summed E-state index contributed by atoms with van der Waals surface area (Å²) in [5.74, 6) is 0.823. The number of nitrogens with one attached hydrogen (secondary N) is 1. The van der Waals surface area contributed by atoms with E-state index in [-0.39, 0.29) is 0 Å². The van der Waals surface area contributed by atoms with Crippen molar-refractivity contribution in [3.63, 3.8) is 0 Å². The highest BCUT2D eigenvalue weighted by Gasteiger charge is 2.13. The average Bonchev–Trinajstić information content (AvgIpc) is 2.92. The Kier molecular flexibility index (Phi) is 5.30. The quantitative estimate of drug-likeness (QED) is 0.601. The van der Waals surface area contributed by atoms with Gasteiger partial charge in [-0.2, -0.15) is 0 Å². The van der Waals surface area contributed by atoms with Crippen LogP contribution in [0.15, 0.2) is 54.7 Å². The van der Waals surface area contributed by atoms with E-state index in [2.05, 4.69) is 35.4 Å². The van der Waals surface area contributed by atoms with Crippen LogP contribution < -0.4 is 10.1 Å².